The quantitative estimate of drug-likeness (QED) is 0.410. The van der Waals surface area contributed by atoms with E-state index in [1.54, 1.807) is 12.8 Å². The lowest BCUT2D eigenvalue weighted by atomic mass is 9.94. The molecule has 0 aliphatic heterocycles. The molecule has 0 aromatic heterocycles. The lowest BCUT2D eigenvalue weighted by molar-refractivity contribution is 0.510. The smallest absolute Gasteiger partial charge is 0.00551 e. The Hall–Kier alpha value is -0.260. The molecular formula is C8H8. The van der Waals surface area contributed by atoms with E-state index in [4.69, 9.17) is 0 Å². The highest BCUT2D eigenvalue weighted by Crippen LogP contribution is 3.10. The van der Waals surface area contributed by atoms with Gasteiger partial charge < -0.3 is 0 Å². The summed E-state index contributed by atoms with van der Waals surface area (Å²) in [4.78, 5) is 0. The van der Waals surface area contributed by atoms with E-state index in [1.807, 2.05) is 5.57 Å². The normalized spacial score (nSPS) is 77.0. The van der Waals surface area contributed by atoms with E-state index in [0.717, 1.165) is 10.8 Å². The van der Waals surface area contributed by atoms with Gasteiger partial charge in [0.05, 0.1) is 0 Å². The molecule has 0 radical (unpaired) electrons. The standard InChI is InChI=1S/C8H8/c1-2-5-6-7(3-1)4-8(5,6)7/h2,6H,1,3-4H2. The van der Waals surface area contributed by atoms with Gasteiger partial charge in [0.1, 0.15) is 0 Å². The van der Waals surface area contributed by atoms with E-state index in [1.165, 1.54) is 12.3 Å². The molecule has 0 heterocycles. The fourth-order valence-electron chi connectivity index (χ4n) is 3.44. The van der Waals surface area contributed by atoms with Gasteiger partial charge in [0, 0.05) is 5.41 Å². The Morgan fingerprint density at radius 3 is 3.00 bits per heavy atom. The molecule has 2 spiro atoms. The van der Waals surface area contributed by atoms with Crippen LogP contribution in [0.4, 0.5) is 0 Å². The second-order valence-electron chi connectivity index (χ2n) is 3.94. The Morgan fingerprint density at radius 2 is 2.50 bits per heavy atom. The summed E-state index contributed by atoms with van der Waals surface area (Å²) in [5, 5.41) is 0. The zero-order valence-electron chi connectivity index (χ0n) is 4.78. The second kappa shape index (κ2) is 0.470. The number of hydrogen-bond acceptors (Lipinski definition) is 0. The van der Waals surface area contributed by atoms with Crippen molar-refractivity contribution in [2.75, 3.05) is 0 Å². The van der Waals surface area contributed by atoms with Crippen LogP contribution in [0.15, 0.2) is 11.6 Å². The molecule has 0 aromatic carbocycles. The third kappa shape index (κ3) is 0.0905. The molecular weight excluding hydrogens is 96.1 g/mol. The average Bonchev–Trinajstić information content (AvgIpc) is 2.55. The van der Waals surface area contributed by atoms with Crippen LogP contribution in [-0.2, 0) is 0 Å². The van der Waals surface area contributed by atoms with Gasteiger partial charge in [-0.25, -0.2) is 0 Å². The molecule has 0 heteroatoms. The largest absolute Gasteiger partial charge is 0.0844 e. The molecule has 4 rings (SSSR count). The van der Waals surface area contributed by atoms with Gasteiger partial charge in [0.15, 0.2) is 0 Å². The first-order valence-electron chi connectivity index (χ1n) is 3.62. The summed E-state index contributed by atoms with van der Waals surface area (Å²) in [5.74, 6) is 1.17. The first-order valence-corrected chi connectivity index (χ1v) is 3.62. The van der Waals surface area contributed by atoms with E-state index >= 15 is 0 Å². The maximum atomic E-state index is 2.50. The molecule has 3 unspecified atom stereocenters. The van der Waals surface area contributed by atoms with Crippen LogP contribution in [0.2, 0.25) is 0 Å². The van der Waals surface area contributed by atoms with Crippen LogP contribution in [0.1, 0.15) is 19.3 Å². The SMILES string of the molecule is C1=C2C3C4(CC1)CC234. The highest BCUT2D eigenvalue weighted by Gasteiger charge is 3.04. The predicted octanol–water partition coefficient (Wildman–Crippen LogP) is 1.73. The molecule has 8 heavy (non-hydrogen) atoms. The van der Waals surface area contributed by atoms with Gasteiger partial charge in [-0.05, 0) is 30.6 Å². The van der Waals surface area contributed by atoms with Crippen molar-refractivity contribution in [2.45, 2.75) is 19.3 Å². The van der Waals surface area contributed by atoms with Crippen molar-refractivity contribution >= 4 is 0 Å². The van der Waals surface area contributed by atoms with Crippen molar-refractivity contribution in [3.05, 3.63) is 11.6 Å². The topological polar surface area (TPSA) is 0 Å². The van der Waals surface area contributed by atoms with Crippen molar-refractivity contribution in [3.63, 3.8) is 0 Å². The number of hydrogen-bond donors (Lipinski definition) is 0. The summed E-state index contributed by atoms with van der Waals surface area (Å²) < 4.78 is 0. The van der Waals surface area contributed by atoms with Crippen LogP contribution in [0.5, 0.6) is 0 Å². The Kier molecular flexibility index (Phi) is 0.179. The summed E-state index contributed by atoms with van der Waals surface area (Å²) in [5.41, 5.74) is 3.78. The molecule has 0 nitrogen and oxygen atoms in total. The number of allylic oxidation sites excluding steroid dienone is 2. The van der Waals surface area contributed by atoms with Gasteiger partial charge in [-0.2, -0.15) is 0 Å². The van der Waals surface area contributed by atoms with Crippen molar-refractivity contribution in [1.82, 2.24) is 0 Å². The lowest BCUT2D eigenvalue weighted by Gasteiger charge is -2.10. The fraction of sp³-hybridized carbons (Fsp3) is 0.750. The van der Waals surface area contributed by atoms with Gasteiger partial charge in [0.2, 0.25) is 0 Å². The Morgan fingerprint density at radius 1 is 1.62 bits per heavy atom. The van der Waals surface area contributed by atoms with Gasteiger partial charge in [0.25, 0.3) is 0 Å². The first-order chi connectivity index (χ1) is 3.92. The minimum atomic E-state index is 0.936. The molecule has 4 aliphatic rings. The Labute approximate surface area is 48.6 Å². The minimum absolute atomic E-state index is 0.936. The Bertz CT molecular complexity index is 238. The predicted molar refractivity (Wildman–Crippen MR) is 30.3 cm³/mol. The monoisotopic (exact) mass is 104 g/mol. The molecule has 3 fully saturated rings. The zero-order valence-corrected chi connectivity index (χ0v) is 4.78. The summed E-state index contributed by atoms with van der Waals surface area (Å²) in [6.07, 6.45) is 7.05. The molecule has 3 atom stereocenters. The Balaban J connectivity index is 2.16. The zero-order chi connectivity index (χ0) is 4.98. The molecule has 0 amide bonds. The summed E-state index contributed by atoms with van der Waals surface area (Å²) in [6.45, 7) is 0. The van der Waals surface area contributed by atoms with Gasteiger partial charge >= 0.3 is 0 Å². The van der Waals surface area contributed by atoms with Crippen LogP contribution in [0.25, 0.3) is 0 Å². The minimum Gasteiger partial charge on any atom is -0.0844 e. The van der Waals surface area contributed by atoms with Crippen LogP contribution < -0.4 is 0 Å². The molecule has 4 aliphatic carbocycles. The van der Waals surface area contributed by atoms with Crippen molar-refractivity contribution in [1.29, 1.82) is 0 Å². The fourth-order valence-corrected chi connectivity index (χ4v) is 3.44. The molecule has 3 saturated carbocycles. The van der Waals surface area contributed by atoms with Gasteiger partial charge in [-0.15, -0.1) is 0 Å². The number of rotatable bonds is 0. The maximum Gasteiger partial charge on any atom is 0.00551 e. The summed E-state index contributed by atoms with van der Waals surface area (Å²) >= 11 is 0. The van der Waals surface area contributed by atoms with Crippen molar-refractivity contribution < 1.29 is 0 Å². The maximum absolute atomic E-state index is 2.50. The van der Waals surface area contributed by atoms with E-state index in [2.05, 4.69) is 6.08 Å². The van der Waals surface area contributed by atoms with E-state index in [0.29, 0.717) is 0 Å². The van der Waals surface area contributed by atoms with E-state index in [-0.39, 0.29) is 0 Å². The third-order valence-corrected chi connectivity index (χ3v) is 4.02. The van der Waals surface area contributed by atoms with Crippen LogP contribution in [-0.4, -0.2) is 0 Å². The van der Waals surface area contributed by atoms with Gasteiger partial charge in [-0.3, -0.25) is 0 Å². The third-order valence-electron chi connectivity index (χ3n) is 4.02. The van der Waals surface area contributed by atoms with Crippen LogP contribution in [0, 0.1) is 16.7 Å². The second-order valence-corrected chi connectivity index (χ2v) is 3.94. The molecule has 0 bridgehead atoms. The molecule has 0 saturated heterocycles. The van der Waals surface area contributed by atoms with E-state index < -0.39 is 0 Å². The van der Waals surface area contributed by atoms with Gasteiger partial charge in [-0.1, -0.05) is 11.6 Å². The lowest BCUT2D eigenvalue weighted by Crippen LogP contribution is -2.00. The van der Waals surface area contributed by atoms with Crippen LogP contribution >= 0.6 is 0 Å². The van der Waals surface area contributed by atoms with Crippen LogP contribution in [0.3, 0.4) is 0 Å². The molecule has 0 N–H and O–H groups in total. The average molecular weight is 104 g/mol. The highest BCUT2D eigenvalue weighted by atomic mass is 15.1. The molecule has 40 valence electrons. The van der Waals surface area contributed by atoms with Crippen molar-refractivity contribution in [3.8, 4) is 0 Å². The summed E-state index contributed by atoms with van der Waals surface area (Å²) in [6, 6.07) is 0. The first kappa shape index (κ1) is 3.05. The highest BCUT2D eigenvalue weighted by molar-refractivity contribution is 5.71. The van der Waals surface area contributed by atoms with E-state index in [9.17, 15) is 0 Å². The molecule has 0 aromatic rings. The van der Waals surface area contributed by atoms with Crippen molar-refractivity contribution in [2.24, 2.45) is 16.7 Å². The summed E-state index contributed by atoms with van der Waals surface area (Å²) in [7, 11) is 0.